The molecule has 4 aromatic rings. The predicted molar refractivity (Wildman–Crippen MR) is 141 cm³/mol. The molecule has 188 valence electrons. The fraction of sp³-hybridized carbons (Fsp3) is 0.346. The lowest BCUT2D eigenvalue weighted by atomic mass is 10.1. The number of methoxy groups -OCH3 is 2. The molecule has 2 aromatic carbocycles. The Balaban J connectivity index is 1.49. The average molecular weight is 508 g/mol. The van der Waals surface area contributed by atoms with E-state index in [4.69, 9.17) is 24.4 Å². The number of nitrogens with zero attached hydrogens (tertiary/aromatic N) is 3. The number of aliphatic hydroxyl groups is 2. The topological polar surface area (TPSA) is 122 Å². The van der Waals surface area contributed by atoms with E-state index in [1.165, 1.54) is 0 Å². The molecule has 2 heterocycles. The number of aliphatic hydroxyl groups excluding tert-OH is 2. The molecule has 4 N–H and O–H groups in total. The Morgan fingerprint density at radius 1 is 1.00 bits per heavy atom. The number of benzene rings is 2. The summed E-state index contributed by atoms with van der Waals surface area (Å²) in [4.78, 5) is 14.3. The van der Waals surface area contributed by atoms with Crippen LogP contribution in [0.25, 0.3) is 20.8 Å². The summed E-state index contributed by atoms with van der Waals surface area (Å²) in [5.74, 6) is 2.41. The van der Waals surface area contributed by atoms with Crippen LogP contribution in [0.2, 0.25) is 0 Å². The van der Waals surface area contributed by atoms with E-state index >= 15 is 0 Å². The zero-order valence-corrected chi connectivity index (χ0v) is 21.2. The van der Waals surface area contributed by atoms with Crippen molar-refractivity contribution in [2.24, 2.45) is 0 Å². The normalized spacial score (nSPS) is 19.4. The molecular formula is C26H29N5O4S. The summed E-state index contributed by atoms with van der Waals surface area (Å²) in [7, 11) is 3.23. The van der Waals surface area contributed by atoms with Crippen molar-refractivity contribution in [2.75, 3.05) is 24.9 Å². The highest BCUT2D eigenvalue weighted by Gasteiger charge is 2.34. The SMILES string of the molecule is COc1cc(CNc2nc(C)c(-c3nc4ccccc4s3)c(NC3CCC(O)C3O)n2)cc(OC)c1. The van der Waals surface area contributed by atoms with E-state index in [0.29, 0.717) is 42.7 Å². The third kappa shape index (κ3) is 4.92. The van der Waals surface area contributed by atoms with Gasteiger partial charge in [-0.1, -0.05) is 12.1 Å². The molecular weight excluding hydrogens is 478 g/mol. The highest BCUT2D eigenvalue weighted by atomic mass is 32.1. The molecule has 5 rings (SSSR count). The van der Waals surface area contributed by atoms with Crippen LogP contribution in [0, 0.1) is 6.92 Å². The van der Waals surface area contributed by atoms with Gasteiger partial charge in [0.25, 0.3) is 0 Å². The quantitative estimate of drug-likeness (QED) is 0.280. The molecule has 1 fully saturated rings. The number of rotatable bonds is 8. The Hall–Kier alpha value is -3.47. The Bertz CT molecular complexity index is 1320. The third-order valence-electron chi connectivity index (χ3n) is 6.36. The summed E-state index contributed by atoms with van der Waals surface area (Å²) in [5, 5.41) is 28.0. The second kappa shape index (κ2) is 10.3. The van der Waals surface area contributed by atoms with Gasteiger partial charge >= 0.3 is 0 Å². The van der Waals surface area contributed by atoms with E-state index < -0.39 is 12.2 Å². The molecule has 2 aromatic heterocycles. The summed E-state index contributed by atoms with van der Waals surface area (Å²) in [6.45, 7) is 2.38. The van der Waals surface area contributed by atoms with E-state index in [-0.39, 0.29) is 6.04 Å². The van der Waals surface area contributed by atoms with Crippen LogP contribution >= 0.6 is 11.3 Å². The van der Waals surface area contributed by atoms with Gasteiger partial charge in [0, 0.05) is 12.6 Å². The number of thiazole rings is 1. The molecule has 1 aliphatic rings. The summed E-state index contributed by atoms with van der Waals surface area (Å²) in [5.41, 5.74) is 3.41. The zero-order chi connectivity index (χ0) is 25.2. The van der Waals surface area contributed by atoms with Crippen molar-refractivity contribution >= 4 is 33.3 Å². The molecule has 0 amide bonds. The lowest BCUT2D eigenvalue weighted by Gasteiger charge is -2.21. The van der Waals surface area contributed by atoms with Crippen molar-refractivity contribution < 1.29 is 19.7 Å². The van der Waals surface area contributed by atoms with Crippen molar-refractivity contribution in [1.29, 1.82) is 0 Å². The maximum Gasteiger partial charge on any atom is 0.225 e. The number of nitrogens with one attached hydrogen (secondary N) is 2. The van der Waals surface area contributed by atoms with E-state index in [0.717, 1.165) is 32.0 Å². The van der Waals surface area contributed by atoms with Gasteiger partial charge in [-0.05, 0) is 49.6 Å². The predicted octanol–water partition coefficient (Wildman–Crippen LogP) is 3.99. The van der Waals surface area contributed by atoms with Crippen LogP contribution in [0.1, 0.15) is 24.1 Å². The van der Waals surface area contributed by atoms with Crippen LogP contribution in [0.3, 0.4) is 0 Å². The Morgan fingerprint density at radius 2 is 1.75 bits per heavy atom. The Morgan fingerprint density at radius 3 is 2.42 bits per heavy atom. The van der Waals surface area contributed by atoms with Crippen LogP contribution in [0.5, 0.6) is 11.5 Å². The van der Waals surface area contributed by atoms with Gasteiger partial charge < -0.3 is 30.3 Å². The minimum Gasteiger partial charge on any atom is -0.497 e. The van der Waals surface area contributed by atoms with E-state index in [2.05, 4.69) is 10.6 Å². The fourth-order valence-corrected chi connectivity index (χ4v) is 5.50. The molecule has 0 radical (unpaired) electrons. The molecule has 0 spiro atoms. The van der Waals surface area contributed by atoms with Gasteiger partial charge in [-0.3, -0.25) is 0 Å². The van der Waals surface area contributed by atoms with Crippen LogP contribution in [-0.2, 0) is 6.54 Å². The van der Waals surface area contributed by atoms with Gasteiger partial charge in [0.1, 0.15) is 22.3 Å². The number of aryl methyl sites for hydroxylation is 1. The largest absolute Gasteiger partial charge is 0.497 e. The highest BCUT2D eigenvalue weighted by molar-refractivity contribution is 7.21. The second-order valence-electron chi connectivity index (χ2n) is 8.80. The van der Waals surface area contributed by atoms with Gasteiger partial charge in [-0.25, -0.2) is 9.97 Å². The number of anilines is 2. The van der Waals surface area contributed by atoms with Crippen molar-refractivity contribution in [3.05, 3.63) is 53.7 Å². The third-order valence-corrected chi connectivity index (χ3v) is 7.42. The van der Waals surface area contributed by atoms with Crippen LogP contribution in [0.4, 0.5) is 11.8 Å². The van der Waals surface area contributed by atoms with Crippen LogP contribution in [0.15, 0.2) is 42.5 Å². The Kier molecular flexibility index (Phi) is 6.90. The number of fused-ring (bicyclic) bond motifs is 1. The number of aromatic nitrogens is 3. The minimum absolute atomic E-state index is 0.321. The second-order valence-corrected chi connectivity index (χ2v) is 9.83. The van der Waals surface area contributed by atoms with Gasteiger partial charge in [-0.15, -0.1) is 11.3 Å². The fourth-order valence-electron chi connectivity index (χ4n) is 4.43. The zero-order valence-electron chi connectivity index (χ0n) is 20.4. The van der Waals surface area contributed by atoms with Gasteiger partial charge in [-0.2, -0.15) is 4.98 Å². The molecule has 1 saturated carbocycles. The lowest BCUT2D eigenvalue weighted by molar-refractivity contribution is 0.0391. The van der Waals surface area contributed by atoms with E-state index in [1.807, 2.05) is 49.4 Å². The standard InChI is InChI=1S/C26H29N5O4S/c1-14-22(25-30-18-6-4-5-7-21(18)36-25)24(29-19-8-9-20(32)23(19)33)31-26(28-14)27-13-15-10-16(34-2)12-17(11-15)35-3/h4-7,10-12,19-20,23,32-33H,8-9,13H2,1-3H3,(H2,27,28,29,31). The smallest absolute Gasteiger partial charge is 0.225 e. The lowest BCUT2D eigenvalue weighted by Crippen LogP contribution is -2.34. The number of hydrogen-bond donors (Lipinski definition) is 4. The molecule has 36 heavy (non-hydrogen) atoms. The first kappa shape index (κ1) is 24.2. The molecule has 1 aliphatic carbocycles. The molecule has 3 atom stereocenters. The maximum absolute atomic E-state index is 10.5. The van der Waals surface area contributed by atoms with E-state index in [1.54, 1.807) is 25.6 Å². The minimum atomic E-state index is -0.871. The number of hydrogen-bond acceptors (Lipinski definition) is 10. The van der Waals surface area contributed by atoms with Crippen molar-refractivity contribution in [2.45, 2.75) is 44.6 Å². The van der Waals surface area contributed by atoms with Gasteiger partial charge in [0.2, 0.25) is 5.95 Å². The van der Waals surface area contributed by atoms with Gasteiger partial charge in [0.15, 0.2) is 0 Å². The molecule has 3 unspecified atom stereocenters. The van der Waals surface area contributed by atoms with Gasteiger partial charge in [0.05, 0.1) is 53.9 Å². The molecule has 0 aliphatic heterocycles. The summed E-state index contributed by atoms with van der Waals surface area (Å²) >= 11 is 1.57. The first-order chi connectivity index (χ1) is 17.4. The maximum atomic E-state index is 10.5. The highest BCUT2D eigenvalue weighted by Crippen LogP contribution is 2.37. The first-order valence-corrected chi connectivity index (χ1v) is 12.6. The summed E-state index contributed by atoms with van der Waals surface area (Å²) < 4.78 is 11.8. The van der Waals surface area contributed by atoms with E-state index in [9.17, 15) is 10.2 Å². The van der Waals surface area contributed by atoms with Crippen molar-refractivity contribution in [3.63, 3.8) is 0 Å². The number of para-hydroxylation sites is 1. The first-order valence-electron chi connectivity index (χ1n) is 11.8. The van der Waals surface area contributed by atoms with Crippen LogP contribution in [-0.4, -0.2) is 57.6 Å². The van der Waals surface area contributed by atoms with Crippen LogP contribution < -0.4 is 20.1 Å². The Labute approximate surface area is 213 Å². The van der Waals surface area contributed by atoms with Crippen molar-refractivity contribution in [1.82, 2.24) is 15.0 Å². The molecule has 10 heteroatoms. The molecule has 9 nitrogen and oxygen atoms in total. The van der Waals surface area contributed by atoms with Crippen molar-refractivity contribution in [3.8, 4) is 22.1 Å². The average Bonchev–Trinajstić information content (AvgIpc) is 3.45. The molecule has 0 bridgehead atoms. The summed E-state index contributed by atoms with van der Waals surface area (Å²) in [6.07, 6.45) is -0.458. The monoisotopic (exact) mass is 507 g/mol. The summed E-state index contributed by atoms with van der Waals surface area (Å²) in [6, 6.07) is 13.3. The molecule has 0 saturated heterocycles. The number of ether oxygens (including phenoxy) is 2.